The molecule has 1 N–H and O–H groups in total. The van der Waals surface area contributed by atoms with Crippen LogP contribution in [0.25, 0.3) is 0 Å². The van der Waals surface area contributed by atoms with Crippen LogP contribution in [0.3, 0.4) is 0 Å². The third kappa shape index (κ3) is 3.97. The first-order chi connectivity index (χ1) is 9.04. The lowest BCUT2D eigenvalue weighted by Crippen LogP contribution is -2.13. The second-order valence-corrected chi connectivity index (χ2v) is 5.77. The molecule has 0 saturated carbocycles. The van der Waals surface area contributed by atoms with E-state index in [0.717, 1.165) is 28.9 Å². The minimum Gasteiger partial charge on any atom is -0.300 e. The highest BCUT2D eigenvalue weighted by molar-refractivity contribution is 8.00. The molecule has 0 bridgehead atoms. The Labute approximate surface area is 116 Å². The van der Waals surface area contributed by atoms with Gasteiger partial charge in [-0.05, 0) is 25.1 Å². The lowest BCUT2D eigenvalue weighted by molar-refractivity contribution is -0.113. The van der Waals surface area contributed by atoms with Gasteiger partial charge in [0.05, 0.1) is 5.75 Å². The van der Waals surface area contributed by atoms with Gasteiger partial charge in [0.2, 0.25) is 11.0 Å². The summed E-state index contributed by atoms with van der Waals surface area (Å²) in [4.78, 5) is 12.1. The van der Waals surface area contributed by atoms with Crippen LogP contribution in [0.4, 0.5) is 13.9 Å². The standard InChI is InChI=1S/C11H9F2N3OS2/c1-6-15-16-11(19-6)14-10(17)5-18-7-2-3-8(12)9(13)4-7/h2-4H,5H2,1H3,(H,14,16,17). The topological polar surface area (TPSA) is 54.9 Å². The summed E-state index contributed by atoms with van der Waals surface area (Å²) in [6, 6.07) is 3.51. The number of halogens is 2. The molecule has 8 heteroatoms. The molecule has 1 amide bonds. The third-order valence-corrected chi connectivity index (χ3v) is 3.78. The minimum absolute atomic E-state index is 0.0870. The van der Waals surface area contributed by atoms with Crippen molar-refractivity contribution in [2.45, 2.75) is 11.8 Å². The summed E-state index contributed by atoms with van der Waals surface area (Å²) < 4.78 is 25.7. The van der Waals surface area contributed by atoms with Gasteiger partial charge in [-0.1, -0.05) is 11.3 Å². The summed E-state index contributed by atoms with van der Waals surface area (Å²) in [5, 5.41) is 11.3. The average molecular weight is 301 g/mol. The number of nitrogens with zero attached hydrogens (tertiary/aromatic N) is 2. The largest absolute Gasteiger partial charge is 0.300 e. The molecule has 0 aliphatic carbocycles. The fourth-order valence-corrected chi connectivity index (χ4v) is 2.55. The number of carbonyl (C=O) groups excluding carboxylic acids is 1. The van der Waals surface area contributed by atoms with Gasteiger partial charge in [0.15, 0.2) is 11.6 Å². The number of thioether (sulfide) groups is 1. The Morgan fingerprint density at radius 1 is 1.37 bits per heavy atom. The molecule has 1 heterocycles. The Balaban J connectivity index is 1.88. The predicted molar refractivity (Wildman–Crippen MR) is 70.4 cm³/mol. The third-order valence-electron chi connectivity index (χ3n) is 2.03. The van der Waals surface area contributed by atoms with Crippen molar-refractivity contribution in [3.63, 3.8) is 0 Å². The number of rotatable bonds is 4. The number of carbonyl (C=O) groups is 1. The van der Waals surface area contributed by atoms with Gasteiger partial charge in [-0.25, -0.2) is 8.78 Å². The van der Waals surface area contributed by atoms with Crippen molar-refractivity contribution in [2.75, 3.05) is 11.1 Å². The lowest BCUT2D eigenvalue weighted by atomic mass is 10.3. The number of hydrogen-bond donors (Lipinski definition) is 1. The highest BCUT2D eigenvalue weighted by atomic mass is 32.2. The molecule has 0 unspecified atom stereocenters. The Morgan fingerprint density at radius 3 is 2.79 bits per heavy atom. The highest BCUT2D eigenvalue weighted by Gasteiger charge is 2.08. The maximum atomic E-state index is 12.9. The Hall–Kier alpha value is -1.54. The van der Waals surface area contributed by atoms with Gasteiger partial charge in [-0.3, -0.25) is 10.1 Å². The summed E-state index contributed by atoms with van der Waals surface area (Å²) in [6.45, 7) is 1.78. The van der Waals surface area contributed by atoms with Crippen LogP contribution < -0.4 is 5.32 Å². The summed E-state index contributed by atoms with van der Waals surface area (Å²) >= 11 is 2.38. The number of aromatic nitrogens is 2. The molecule has 0 aliphatic heterocycles. The lowest BCUT2D eigenvalue weighted by Gasteiger charge is -2.02. The molecule has 0 aliphatic rings. The molecule has 19 heavy (non-hydrogen) atoms. The molecule has 0 saturated heterocycles. The number of benzene rings is 1. The zero-order valence-corrected chi connectivity index (χ0v) is 11.4. The van der Waals surface area contributed by atoms with E-state index in [0.29, 0.717) is 10.0 Å². The molecule has 0 spiro atoms. The van der Waals surface area contributed by atoms with Crippen molar-refractivity contribution in [3.8, 4) is 0 Å². The summed E-state index contributed by atoms with van der Waals surface area (Å²) in [7, 11) is 0. The predicted octanol–water partition coefficient (Wildman–Crippen LogP) is 2.86. The normalized spacial score (nSPS) is 10.5. The van der Waals surface area contributed by atoms with Crippen molar-refractivity contribution in [2.24, 2.45) is 0 Å². The molecule has 0 atom stereocenters. The molecule has 2 rings (SSSR count). The first kappa shape index (κ1) is 13.9. The van der Waals surface area contributed by atoms with E-state index in [2.05, 4.69) is 15.5 Å². The fourth-order valence-electron chi connectivity index (χ4n) is 1.22. The van der Waals surface area contributed by atoms with Crippen molar-refractivity contribution >= 4 is 34.1 Å². The number of aryl methyl sites for hydroxylation is 1. The smallest absolute Gasteiger partial charge is 0.236 e. The van der Waals surface area contributed by atoms with Gasteiger partial charge in [-0.15, -0.1) is 22.0 Å². The van der Waals surface area contributed by atoms with Crippen LogP contribution in [0.5, 0.6) is 0 Å². The van der Waals surface area contributed by atoms with Gasteiger partial charge in [-0.2, -0.15) is 0 Å². The molecule has 1 aromatic heterocycles. The average Bonchev–Trinajstić information content (AvgIpc) is 2.76. The fraction of sp³-hybridized carbons (Fsp3) is 0.182. The molecule has 100 valence electrons. The summed E-state index contributed by atoms with van der Waals surface area (Å²) in [6.07, 6.45) is 0. The van der Waals surface area contributed by atoms with E-state index in [4.69, 9.17) is 0 Å². The van der Waals surface area contributed by atoms with E-state index in [1.807, 2.05) is 0 Å². The number of anilines is 1. The summed E-state index contributed by atoms with van der Waals surface area (Å²) in [5.41, 5.74) is 0. The van der Waals surface area contributed by atoms with Gasteiger partial charge in [0.25, 0.3) is 0 Å². The zero-order chi connectivity index (χ0) is 13.8. The van der Waals surface area contributed by atoms with Crippen LogP contribution in [0.2, 0.25) is 0 Å². The van der Waals surface area contributed by atoms with Crippen LogP contribution in [-0.2, 0) is 4.79 Å². The van der Waals surface area contributed by atoms with E-state index in [9.17, 15) is 13.6 Å². The Kier molecular flexibility index (Phi) is 4.43. The Bertz CT molecular complexity index is 603. The Morgan fingerprint density at radius 2 is 2.16 bits per heavy atom. The van der Waals surface area contributed by atoms with Crippen molar-refractivity contribution in [3.05, 3.63) is 34.8 Å². The van der Waals surface area contributed by atoms with E-state index in [1.54, 1.807) is 6.92 Å². The first-order valence-corrected chi connectivity index (χ1v) is 7.02. The van der Waals surface area contributed by atoms with E-state index >= 15 is 0 Å². The quantitative estimate of drug-likeness (QED) is 0.882. The van der Waals surface area contributed by atoms with Crippen LogP contribution in [-0.4, -0.2) is 21.9 Å². The van der Waals surface area contributed by atoms with Gasteiger partial charge in [0, 0.05) is 4.90 Å². The molecule has 4 nitrogen and oxygen atoms in total. The number of nitrogens with one attached hydrogen (secondary N) is 1. The van der Waals surface area contributed by atoms with Gasteiger partial charge < -0.3 is 0 Å². The first-order valence-electron chi connectivity index (χ1n) is 5.22. The maximum Gasteiger partial charge on any atom is 0.236 e. The molecular weight excluding hydrogens is 292 g/mol. The van der Waals surface area contributed by atoms with E-state index < -0.39 is 11.6 Å². The van der Waals surface area contributed by atoms with Gasteiger partial charge >= 0.3 is 0 Å². The van der Waals surface area contributed by atoms with Crippen LogP contribution in [0.15, 0.2) is 23.1 Å². The van der Waals surface area contributed by atoms with Crippen LogP contribution in [0.1, 0.15) is 5.01 Å². The van der Waals surface area contributed by atoms with Crippen molar-refractivity contribution in [1.29, 1.82) is 0 Å². The molecule has 2 aromatic rings. The van der Waals surface area contributed by atoms with Gasteiger partial charge in [0.1, 0.15) is 5.01 Å². The van der Waals surface area contributed by atoms with E-state index in [1.165, 1.54) is 17.4 Å². The minimum atomic E-state index is -0.926. The molecule has 0 fully saturated rings. The summed E-state index contributed by atoms with van der Waals surface area (Å²) in [5.74, 6) is -2.02. The SMILES string of the molecule is Cc1nnc(NC(=O)CSc2ccc(F)c(F)c2)s1. The van der Waals surface area contributed by atoms with Crippen molar-refractivity contribution in [1.82, 2.24) is 10.2 Å². The van der Waals surface area contributed by atoms with Crippen LogP contribution in [0, 0.1) is 18.6 Å². The molecular formula is C11H9F2N3OS2. The number of hydrogen-bond acceptors (Lipinski definition) is 5. The second-order valence-electron chi connectivity index (χ2n) is 3.54. The van der Waals surface area contributed by atoms with Crippen molar-refractivity contribution < 1.29 is 13.6 Å². The highest BCUT2D eigenvalue weighted by Crippen LogP contribution is 2.21. The van der Waals surface area contributed by atoms with Crippen LogP contribution >= 0.6 is 23.1 Å². The van der Waals surface area contributed by atoms with E-state index in [-0.39, 0.29) is 11.7 Å². The second kappa shape index (κ2) is 6.07. The molecule has 1 aromatic carbocycles. The molecule has 0 radical (unpaired) electrons. The monoisotopic (exact) mass is 301 g/mol. The maximum absolute atomic E-state index is 12.9. The zero-order valence-electron chi connectivity index (χ0n) is 9.81. The number of amides is 1.